The van der Waals surface area contributed by atoms with Crippen molar-refractivity contribution in [1.82, 2.24) is 0 Å². The average Bonchev–Trinajstić information content (AvgIpc) is 2.61. The quantitative estimate of drug-likeness (QED) is 0.508. The van der Waals surface area contributed by atoms with Crippen LogP contribution >= 0.6 is 0 Å². The number of carbonyl (C=O) groups excluding carboxylic acids is 1. The van der Waals surface area contributed by atoms with Gasteiger partial charge in [0.15, 0.2) is 0 Å². The van der Waals surface area contributed by atoms with Crippen LogP contribution in [0.5, 0.6) is 0 Å². The van der Waals surface area contributed by atoms with E-state index < -0.39 is 0 Å². The van der Waals surface area contributed by atoms with Gasteiger partial charge in [-0.3, -0.25) is 0 Å². The van der Waals surface area contributed by atoms with Crippen molar-refractivity contribution in [2.75, 3.05) is 0 Å². The first-order valence-electron chi connectivity index (χ1n) is 3.66. The minimum Gasteiger partial charge on any atom is -0.234 e. The zero-order valence-corrected chi connectivity index (χ0v) is 5.39. The fraction of sp³-hybridized carbons (Fsp3) is 0.750. The Hall–Kier alpha value is -0.550. The Kier molecular flexibility index (Phi) is 1.000. The van der Waals surface area contributed by atoms with Crippen LogP contribution < -0.4 is 0 Å². The van der Waals surface area contributed by atoms with Crippen LogP contribution in [0, 0.1) is 11.8 Å². The summed E-state index contributed by atoms with van der Waals surface area (Å²) in [5.41, 5.74) is 1.11. The largest absolute Gasteiger partial charge is 0.234 e. The first kappa shape index (κ1) is 5.25. The van der Waals surface area contributed by atoms with Crippen LogP contribution in [0.25, 0.3) is 0 Å². The van der Waals surface area contributed by atoms with Gasteiger partial charge in [-0.1, -0.05) is 0 Å². The maximum Gasteiger partial charge on any atom is 0.124 e. The molecule has 0 aromatic carbocycles. The summed E-state index contributed by atoms with van der Waals surface area (Å²) in [6.07, 6.45) is 5.00. The van der Waals surface area contributed by atoms with Crippen LogP contribution in [0.2, 0.25) is 0 Å². The first-order chi connectivity index (χ1) is 4.42. The first-order valence-corrected chi connectivity index (χ1v) is 3.66. The summed E-state index contributed by atoms with van der Waals surface area (Å²) >= 11 is 0. The van der Waals surface area contributed by atoms with Crippen LogP contribution in [-0.2, 0) is 4.79 Å². The molecule has 0 unspecified atom stereocenters. The molecule has 1 heteroatoms. The van der Waals surface area contributed by atoms with Gasteiger partial charge < -0.3 is 0 Å². The fourth-order valence-electron chi connectivity index (χ4n) is 1.29. The van der Waals surface area contributed by atoms with Crippen molar-refractivity contribution in [3.05, 3.63) is 5.57 Å². The highest BCUT2D eigenvalue weighted by Gasteiger charge is 2.37. The maximum atomic E-state index is 10.3. The Morgan fingerprint density at radius 2 is 1.56 bits per heavy atom. The molecular weight excluding hydrogens is 112 g/mol. The van der Waals surface area contributed by atoms with Crippen molar-refractivity contribution < 1.29 is 4.79 Å². The van der Waals surface area contributed by atoms with Crippen molar-refractivity contribution in [3.63, 3.8) is 0 Å². The van der Waals surface area contributed by atoms with Gasteiger partial charge in [0.05, 0.1) is 0 Å². The smallest absolute Gasteiger partial charge is 0.124 e. The van der Waals surface area contributed by atoms with E-state index in [-0.39, 0.29) is 0 Å². The van der Waals surface area contributed by atoms with Crippen LogP contribution in [0.15, 0.2) is 5.57 Å². The number of allylic oxidation sites excluding steroid dienone is 1. The molecule has 2 rings (SSSR count). The highest BCUT2D eigenvalue weighted by atomic mass is 16.1. The highest BCUT2D eigenvalue weighted by Crippen LogP contribution is 2.47. The minimum absolute atomic E-state index is 0.662. The molecule has 9 heavy (non-hydrogen) atoms. The van der Waals surface area contributed by atoms with Crippen LogP contribution in [0.4, 0.5) is 0 Å². The molecule has 0 aromatic rings. The third-order valence-corrected chi connectivity index (χ3v) is 2.15. The maximum absolute atomic E-state index is 10.3. The van der Waals surface area contributed by atoms with Crippen LogP contribution in [0.1, 0.15) is 25.7 Å². The third kappa shape index (κ3) is 0.927. The Bertz CT molecular complexity index is 155. The summed E-state index contributed by atoms with van der Waals surface area (Å²) in [7, 11) is 0. The molecular formula is C8H10O. The molecule has 2 fully saturated rings. The van der Waals surface area contributed by atoms with Gasteiger partial charge in [0.1, 0.15) is 5.94 Å². The highest BCUT2D eigenvalue weighted by molar-refractivity contribution is 5.56. The monoisotopic (exact) mass is 122 g/mol. The minimum atomic E-state index is 0.662. The second kappa shape index (κ2) is 1.71. The van der Waals surface area contributed by atoms with E-state index >= 15 is 0 Å². The van der Waals surface area contributed by atoms with Crippen molar-refractivity contribution in [1.29, 1.82) is 0 Å². The predicted octanol–water partition coefficient (Wildman–Crippen LogP) is 1.56. The Morgan fingerprint density at radius 1 is 1.11 bits per heavy atom. The van der Waals surface area contributed by atoms with Crippen LogP contribution in [-0.4, -0.2) is 5.94 Å². The topological polar surface area (TPSA) is 17.1 Å². The molecule has 1 nitrogen and oxygen atoms in total. The van der Waals surface area contributed by atoms with Crippen LogP contribution in [0.3, 0.4) is 0 Å². The summed E-state index contributed by atoms with van der Waals surface area (Å²) in [4.78, 5) is 10.3. The van der Waals surface area contributed by atoms with Gasteiger partial charge in [0, 0.05) is 5.57 Å². The fourth-order valence-corrected chi connectivity index (χ4v) is 1.29. The lowest BCUT2D eigenvalue weighted by atomic mass is 10.1. The van der Waals surface area contributed by atoms with Crippen molar-refractivity contribution in [2.24, 2.45) is 11.8 Å². The molecule has 2 saturated carbocycles. The molecule has 2 aliphatic rings. The standard InChI is InChI=1S/C8H10O/c9-5-8(6-1-2-6)7-3-4-7/h6-7H,1-4H2. The lowest BCUT2D eigenvalue weighted by Crippen LogP contribution is -1.87. The zero-order valence-electron chi connectivity index (χ0n) is 5.39. The molecule has 0 spiro atoms. The second-order valence-corrected chi connectivity index (χ2v) is 3.11. The molecule has 0 heterocycles. The summed E-state index contributed by atoms with van der Waals surface area (Å²) in [6, 6.07) is 0. The van der Waals surface area contributed by atoms with E-state index in [1.54, 1.807) is 0 Å². The molecule has 0 atom stereocenters. The molecule has 0 aliphatic heterocycles. The van der Waals surface area contributed by atoms with Crippen molar-refractivity contribution >= 4 is 5.94 Å². The van der Waals surface area contributed by atoms with Gasteiger partial charge in [-0.05, 0) is 37.5 Å². The Morgan fingerprint density at radius 3 is 1.78 bits per heavy atom. The molecule has 0 saturated heterocycles. The van der Waals surface area contributed by atoms with Gasteiger partial charge in [-0.15, -0.1) is 0 Å². The summed E-state index contributed by atoms with van der Waals surface area (Å²) < 4.78 is 0. The van der Waals surface area contributed by atoms with Gasteiger partial charge in [0.25, 0.3) is 0 Å². The summed E-state index contributed by atoms with van der Waals surface area (Å²) in [6.45, 7) is 0. The lowest BCUT2D eigenvalue weighted by molar-refractivity contribution is 0.563. The molecule has 48 valence electrons. The normalized spacial score (nSPS) is 25.3. The lowest BCUT2D eigenvalue weighted by Gasteiger charge is -1.92. The Labute approximate surface area is 54.8 Å². The molecule has 2 aliphatic carbocycles. The number of hydrogen-bond donors (Lipinski definition) is 0. The van der Waals surface area contributed by atoms with Gasteiger partial charge in [0.2, 0.25) is 0 Å². The molecule has 0 radical (unpaired) electrons. The second-order valence-electron chi connectivity index (χ2n) is 3.11. The van der Waals surface area contributed by atoms with Gasteiger partial charge in [-0.25, -0.2) is 4.79 Å². The number of hydrogen-bond acceptors (Lipinski definition) is 1. The predicted molar refractivity (Wildman–Crippen MR) is 34.7 cm³/mol. The van der Waals surface area contributed by atoms with E-state index in [0.717, 1.165) is 5.57 Å². The van der Waals surface area contributed by atoms with Gasteiger partial charge in [-0.2, -0.15) is 0 Å². The summed E-state index contributed by atoms with van der Waals surface area (Å²) in [5.74, 6) is 3.42. The van der Waals surface area contributed by atoms with Gasteiger partial charge >= 0.3 is 0 Å². The SMILES string of the molecule is O=C=C(C1CC1)C1CC1. The van der Waals surface area contributed by atoms with E-state index in [2.05, 4.69) is 5.94 Å². The molecule has 0 N–H and O–H groups in total. The van der Waals surface area contributed by atoms with Crippen molar-refractivity contribution in [3.8, 4) is 0 Å². The number of rotatable bonds is 2. The molecule has 0 aromatic heterocycles. The Balaban J connectivity index is 2.09. The van der Waals surface area contributed by atoms with E-state index in [1.807, 2.05) is 0 Å². The molecule has 0 bridgehead atoms. The average molecular weight is 122 g/mol. The molecule has 0 amide bonds. The van der Waals surface area contributed by atoms with E-state index in [0.29, 0.717) is 11.8 Å². The van der Waals surface area contributed by atoms with E-state index in [4.69, 9.17) is 0 Å². The summed E-state index contributed by atoms with van der Waals surface area (Å²) in [5, 5.41) is 0. The van der Waals surface area contributed by atoms with E-state index in [9.17, 15) is 4.79 Å². The zero-order chi connectivity index (χ0) is 6.27. The van der Waals surface area contributed by atoms with Crippen molar-refractivity contribution in [2.45, 2.75) is 25.7 Å². The third-order valence-electron chi connectivity index (χ3n) is 2.15. The van der Waals surface area contributed by atoms with E-state index in [1.165, 1.54) is 25.7 Å².